The highest BCUT2D eigenvalue weighted by molar-refractivity contribution is 7.80. The quantitative estimate of drug-likeness (QED) is 0.158. The molecule has 1 atom stereocenters. The van der Waals surface area contributed by atoms with Crippen LogP contribution in [0.2, 0.25) is 0 Å². The lowest BCUT2D eigenvalue weighted by Gasteiger charge is -2.27. The van der Waals surface area contributed by atoms with Crippen molar-refractivity contribution in [2.24, 2.45) is 0 Å². The Bertz CT molecular complexity index is 982. The number of carbonyl (C=O) groups excluding carboxylic acids is 1. The van der Waals surface area contributed by atoms with Crippen LogP contribution < -0.4 is 16.0 Å². The fraction of sp³-hybridized carbons (Fsp3) is 0.118. The molecule has 0 spiro atoms. The lowest BCUT2D eigenvalue weighted by Crippen LogP contribution is -2.56. The zero-order valence-electron chi connectivity index (χ0n) is 14.8. The van der Waals surface area contributed by atoms with Crippen LogP contribution in [-0.4, -0.2) is 37.0 Å². The maximum atomic E-state index is 12.5. The van der Waals surface area contributed by atoms with E-state index >= 15 is 0 Å². The largest absolute Gasteiger partial charge is 0.478 e. The molecule has 1 amide bonds. The first-order valence-corrected chi connectivity index (χ1v) is 9.55. The standard InChI is InChI=1S/C17H13Cl3N4O5S/c18-17(19,20)15(22-13(25)11-3-1-2-4-12(11)24(28)29)23-16(30)21-10-7-5-9(6-8-10)14(26)27/h1-8,15H,(H,22,25)(H,26,27)(H2,21,23,30)/t15-/m0/s1. The van der Waals surface area contributed by atoms with Crippen molar-refractivity contribution >= 4 is 75.4 Å². The van der Waals surface area contributed by atoms with E-state index in [9.17, 15) is 19.7 Å². The number of thiocarbonyl (C=S) groups is 1. The van der Waals surface area contributed by atoms with Crippen molar-refractivity contribution in [2.45, 2.75) is 9.96 Å². The SMILES string of the molecule is O=C(O)c1ccc(NC(=S)N[C@H](NC(=O)c2ccccc2[N+](=O)[O-])C(Cl)(Cl)Cl)cc1. The van der Waals surface area contributed by atoms with E-state index < -0.39 is 32.4 Å². The van der Waals surface area contributed by atoms with Gasteiger partial charge >= 0.3 is 5.97 Å². The second-order valence-electron chi connectivity index (χ2n) is 5.70. The Morgan fingerprint density at radius 1 is 1.07 bits per heavy atom. The van der Waals surface area contributed by atoms with Gasteiger partial charge < -0.3 is 21.1 Å². The number of nitro groups is 1. The molecule has 0 heterocycles. The van der Waals surface area contributed by atoms with Crippen molar-refractivity contribution in [1.82, 2.24) is 10.6 Å². The van der Waals surface area contributed by atoms with Crippen LogP contribution >= 0.6 is 47.0 Å². The average molecular weight is 492 g/mol. The van der Waals surface area contributed by atoms with Crippen LogP contribution in [0, 0.1) is 10.1 Å². The summed E-state index contributed by atoms with van der Waals surface area (Å²) in [5.41, 5.74) is -0.134. The smallest absolute Gasteiger partial charge is 0.335 e. The molecule has 0 saturated carbocycles. The molecule has 0 fully saturated rings. The van der Waals surface area contributed by atoms with Gasteiger partial charge in [-0.25, -0.2) is 4.79 Å². The summed E-state index contributed by atoms with van der Waals surface area (Å²) in [5.74, 6) is -1.95. The molecule has 9 nitrogen and oxygen atoms in total. The summed E-state index contributed by atoms with van der Waals surface area (Å²) in [6, 6.07) is 10.9. The third kappa shape index (κ3) is 6.42. The minimum absolute atomic E-state index is 0.0581. The number of anilines is 1. The normalized spacial score (nSPS) is 11.8. The van der Waals surface area contributed by atoms with Gasteiger partial charge in [-0.2, -0.15) is 0 Å². The van der Waals surface area contributed by atoms with E-state index in [4.69, 9.17) is 52.1 Å². The number of carboxylic acid groups (broad SMARTS) is 1. The summed E-state index contributed by atoms with van der Waals surface area (Å²) in [4.78, 5) is 33.8. The van der Waals surface area contributed by atoms with Gasteiger partial charge in [-0.15, -0.1) is 0 Å². The minimum Gasteiger partial charge on any atom is -0.478 e. The molecule has 2 aromatic carbocycles. The molecule has 13 heteroatoms. The molecule has 0 aliphatic carbocycles. The Kier molecular flexibility index (Phi) is 7.79. The summed E-state index contributed by atoms with van der Waals surface area (Å²) < 4.78 is -2.07. The maximum absolute atomic E-state index is 12.5. The number of nitro benzene ring substituents is 1. The van der Waals surface area contributed by atoms with Crippen LogP contribution in [0.25, 0.3) is 0 Å². The van der Waals surface area contributed by atoms with E-state index in [0.29, 0.717) is 5.69 Å². The second-order valence-corrected chi connectivity index (χ2v) is 8.48. The van der Waals surface area contributed by atoms with Crippen molar-refractivity contribution in [1.29, 1.82) is 0 Å². The molecule has 0 radical (unpaired) electrons. The molecule has 0 aliphatic rings. The van der Waals surface area contributed by atoms with Gasteiger partial charge in [0.15, 0.2) is 5.11 Å². The topological polar surface area (TPSA) is 134 Å². The first-order valence-electron chi connectivity index (χ1n) is 8.01. The fourth-order valence-electron chi connectivity index (χ4n) is 2.23. The van der Waals surface area contributed by atoms with Gasteiger partial charge in [0, 0.05) is 11.8 Å². The Morgan fingerprint density at radius 3 is 2.20 bits per heavy atom. The number of hydrogen-bond donors (Lipinski definition) is 4. The number of carboxylic acids is 1. The average Bonchev–Trinajstić information content (AvgIpc) is 2.67. The molecule has 4 N–H and O–H groups in total. The van der Waals surface area contributed by atoms with Crippen molar-refractivity contribution in [3.63, 3.8) is 0 Å². The van der Waals surface area contributed by atoms with Crippen LogP contribution in [-0.2, 0) is 0 Å². The van der Waals surface area contributed by atoms with Gasteiger partial charge in [0.05, 0.1) is 10.5 Å². The van der Waals surface area contributed by atoms with E-state index in [1.165, 1.54) is 48.5 Å². The van der Waals surface area contributed by atoms with Crippen LogP contribution in [0.3, 0.4) is 0 Å². The summed E-state index contributed by atoms with van der Waals surface area (Å²) >= 11 is 22.8. The predicted molar refractivity (Wildman–Crippen MR) is 117 cm³/mol. The first kappa shape index (κ1) is 23.6. The van der Waals surface area contributed by atoms with Crippen LogP contribution in [0.15, 0.2) is 48.5 Å². The van der Waals surface area contributed by atoms with Gasteiger partial charge in [0.25, 0.3) is 11.6 Å². The van der Waals surface area contributed by atoms with E-state index in [1.54, 1.807) is 0 Å². The second kappa shape index (κ2) is 9.90. The molecular formula is C17H13Cl3N4O5S. The highest BCUT2D eigenvalue weighted by Crippen LogP contribution is 2.30. The number of nitrogens with one attached hydrogen (secondary N) is 3. The van der Waals surface area contributed by atoms with Gasteiger partial charge in [0.2, 0.25) is 3.79 Å². The van der Waals surface area contributed by atoms with E-state index in [2.05, 4.69) is 16.0 Å². The van der Waals surface area contributed by atoms with E-state index in [-0.39, 0.29) is 16.2 Å². The third-order valence-corrected chi connectivity index (χ3v) is 4.49. The number of hydrogen-bond acceptors (Lipinski definition) is 5. The number of aromatic carboxylic acids is 1. The highest BCUT2D eigenvalue weighted by Gasteiger charge is 2.36. The van der Waals surface area contributed by atoms with E-state index in [1.807, 2.05) is 0 Å². The number of para-hydroxylation sites is 1. The molecule has 0 unspecified atom stereocenters. The maximum Gasteiger partial charge on any atom is 0.335 e. The number of amides is 1. The Balaban J connectivity index is 2.13. The zero-order chi connectivity index (χ0) is 22.5. The van der Waals surface area contributed by atoms with Crippen molar-refractivity contribution < 1.29 is 19.6 Å². The van der Waals surface area contributed by atoms with Gasteiger partial charge in [-0.1, -0.05) is 46.9 Å². The Hall–Kier alpha value is -2.66. The molecule has 0 saturated heterocycles. The molecule has 30 heavy (non-hydrogen) atoms. The Morgan fingerprint density at radius 2 is 1.67 bits per heavy atom. The first-order chi connectivity index (χ1) is 14.0. The molecular weight excluding hydrogens is 479 g/mol. The third-order valence-electron chi connectivity index (χ3n) is 3.61. The number of halogens is 3. The Labute approximate surface area is 190 Å². The monoisotopic (exact) mass is 490 g/mol. The summed E-state index contributed by atoms with van der Waals surface area (Å²) in [6.07, 6.45) is -1.35. The van der Waals surface area contributed by atoms with Crippen LogP contribution in [0.4, 0.5) is 11.4 Å². The van der Waals surface area contributed by atoms with Crippen molar-refractivity contribution in [2.75, 3.05) is 5.32 Å². The number of nitrogens with zero attached hydrogens (tertiary/aromatic N) is 1. The minimum atomic E-state index is -2.07. The lowest BCUT2D eigenvalue weighted by molar-refractivity contribution is -0.385. The number of rotatable bonds is 6. The molecule has 2 aromatic rings. The molecule has 158 valence electrons. The van der Waals surface area contributed by atoms with Crippen LogP contribution in [0.5, 0.6) is 0 Å². The molecule has 2 rings (SSSR count). The molecule has 0 bridgehead atoms. The number of carbonyl (C=O) groups is 2. The van der Waals surface area contributed by atoms with Gasteiger partial charge in [0.1, 0.15) is 11.7 Å². The van der Waals surface area contributed by atoms with Crippen molar-refractivity contribution in [3.05, 3.63) is 69.8 Å². The van der Waals surface area contributed by atoms with Gasteiger partial charge in [-0.3, -0.25) is 14.9 Å². The molecule has 0 aromatic heterocycles. The number of benzene rings is 2. The number of alkyl halides is 3. The lowest BCUT2D eigenvalue weighted by atomic mass is 10.1. The van der Waals surface area contributed by atoms with Crippen molar-refractivity contribution in [3.8, 4) is 0 Å². The summed E-state index contributed by atoms with van der Waals surface area (Å²) in [6.45, 7) is 0. The van der Waals surface area contributed by atoms with Crippen LogP contribution in [0.1, 0.15) is 20.7 Å². The van der Waals surface area contributed by atoms with E-state index in [0.717, 1.165) is 0 Å². The zero-order valence-corrected chi connectivity index (χ0v) is 17.8. The highest BCUT2D eigenvalue weighted by atomic mass is 35.6. The predicted octanol–water partition coefficient (Wildman–Crippen LogP) is 3.71. The summed E-state index contributed by atoms with van der Waals surface area (Å²) in [5, 5.41) is 27.7. The summed E-state index contributed by atoms with van der Waals surface area (Å²) in [7, 11) is 0. The fourth-order valence-corrected chi connectivity index (χ4v) is 2.79. The molecule has 0 aliphatic heterocycles. The van der Waals surface area contributed by atoms with Gasteiger partial charge in [-0.05, 0) is 42.5 Å².